The minimum absolute atomic E-state index is 0.0108. The van der Waals surface area contributed by atoms with Crippen LogP contribution in [0.5, 0.6) is 0 Å². The minimum atomic E-state index is -3.34. The number of para-hydroxylation sites is 1. The molecule has 0 fully saturated rings. The van der Waals surface area contributed by atoms with Crippen LogP contribution in [0, 0.1) is 0 Å². The van der Waals surface area contributed by atoms with E-state index >= 15 is 0 Å². The van der Waals surface area contributed by atoms with E-state index in [1.807, 2.05) is 24.3 Å². The van der Waals surface area contributed by atoms with E-state index in [9.17, 15) is 13.2 Å². The number of furan rings is 1. The lowest BCUT2D eigenvalue weighted by Crippen LogP contribution is -2.34. The van der Waals surface area contributed by atoms with Crippen molar-refractivity contribution >= 4 is 38.5 Å². The lowest BCUT2D eigenvalue weighted by molar-refractivity contribution is 0.0907. The van der Waals surface area contributed by atoms with Crippen molar-refractivity contribution in [3.05, 3.63) is 83.9 Å². The van der Waals surface area contributed by atoms with E-state index in [4.69, 9.17) is 4.42 Å². The minimum Gasteiger partial charge on any atom is -0.451 e. The van der Waals surface area contributed by atoms with Crippen molar-refractivity contribution in [2.24, 2.45) is 0 Å². The number of rotatable bonds is 5. The average Bonchev–Trinajstić information content (AvgIpc) is 3.19. The zero-order valence-corrected chi connectivity index (χ0v) is 18.5. The summed E-state index contributed by atoms with van der Waals surface area (Å²) in [6.07, 6.45) is 3.66. The Morgan fingerprint density at radius 3 is 2.66 bits per heavy atom. The van der Waals surface area contributed by atoms with Crippen molar-refractivity contribution in [2.45, 2.75) is 28.3 Å². The zero-order chi connectivity index (χ0) is 22.1. The van der Waals surface area contributed by atoms with Crippen molar-refractivity contribution < 1.29 is 17.6 Å². The molecular weight excluding hydrogens is 446 g/mol. The van der Waals surface area contributed by atoms with Crippen LogP contribution in [-0.2, 0) is 15.6 Å². The number of hydrogen-bond donors (Lipinski definition) is 1. The molecule has 1 aliphatic heterocycles. The molecule has 1 atom stereocenters. The molecule has 3 heterocycles. The fourth-order valence-corrected chi connectivity index (χ4v) is 6.34. The van der Waals surface area contributed by atoms with Gasteiger partial charge < -0.3 is 9.73 Å². The van der Waals surface area contributed by atoms with Crippen LogP contribution < -0.4 is 5.32 Å². The van der Waals surface area contributed by atoms with Crippen LogP contribution in [0.15, 0.2) is 81.5 Å². The van der Waals surface area contributed by atoms with Crippen LogP contribution in [0.1, 0.15) is 34.1 Å². The molecule has 32 heavy (non-hydrogen) atoms. The molecule has 5 rings (SSSR count). The highest BCUT2D eigenvalue weighted by Crippen LogP contribution is 2.34. The number of carbonyl (C=O) groups is 1. The van der Waals surface area contributed by atoms with E-state index in [1.165, 1.54) is 11.8 Å². The average molecular weight is 466 g/mol. The van der Waals surface area contributed by atoms with Gasteiger partial charge in [-0.05, 0) is 30.2 Å². The van der Waals surface area contributed by atoms with E-state index in [1.54, 1.807) is 42.7 Å². The SMILES string of the molecule is O=C(NC1CCS(=O)(=O)c2ccccc21)c1oc2ccccc2c1CSc1ncccn1. The quantitative estimate of drug-likeness (QED) is 0.349. The standard InChI is InChI=1S/C23H19N3O4S2/c27-22(26-18-10-13-32(28,29)20-9-4-2-7-16(18)20)21-17(14-31-23-24-11-5-12-25-23)15-6-1-3-8-19(15)30-21/h1-9,11-12,18H,10,13-14H2,(H,26,27). The Labute approximate surface area is 189 Å². The maximum Gasteiger partial charge on any atom is 0.287 e. The predicted molar refractivity (Wildman–Crippen MR) is 121 cm³/mol. The van der Waals surface area contributed by atoms with Gasteiger partial charge in [-0.15, -0.1) is 0 Å². The first-order valence-electron chi connectivity index (χ1n) is 10.1. The normalized spacial score (nSPS) is 17.1. The number of carbonyl (C=O) groups excluding carboxylic acids is 1. The van der Waals surface area contributed by atoms with Crippen molar-refractivity contribution in [1.29, 1.82) is 0 Å². The third kappa shape index (κ3) is 3.89. The molecule has 4 aromatic rings. The van der Waals surface area contributed by atoms with Crippen molar-refractivity contribution in [1.82, 2.24) is 15.3 Å². The largest absolute Gasteiger partial charge is 0.451 e. The van der Waals surface area contributed by atoms with E-state index in [0.717, 1.165) is 10.9 Å². The molecule has 1 aliphatic rings. The van der Waals surface area contributed by atoms with Crippen molar-refractivity contribution in [2.75, 3.05) is 5.75 Å². The number of thioether (sulfide) groups is 1. The van der Waals surface area contributed by atoms with E-state index < -0.39 is 15.9 Å². The summed E-state index contributed by atoms with van der Waals surface area (Å²) < 4.78 is 30.8. The second-order valence-corrected chi connectivity index (χ2v) is 10.4. The molecule has 0 radical (unpaired) electrons. The van der Waals surface area contributed by atoms with Gasteiger partial charge in [0.2, 0.25) is 0 Å². The van der Waals surface area contributed by atoms with Gasteiger partial charge >= 0.3 is 0 Å². The second-order valence-electron chi connectivity index (χ2n) is 7.40. The summed E-state index contributed by atoms with van der Waals surface area (Å²) in [7, 11) is -3.34. The third-order valence-electron chi connectivity index (χ3n) is 5.40. The summed E-state index contributed by atoms with van der Waals surface area (Å²) in [6.45, 7) is 0. The molecule has 1 unspecified atom stereocenters. The highest BCUT2D eigenvalue weighted by atomic mass is 32.2. The van der Waals surface area contributed by atoms with E-state index in [2.05, 4.69) is 15.3 Å². The van der Waals surface area contributed by atoms with Gasteiger partial charge in [0.15, 0.2) is 20.8 Å². The lowest BCUT2D eigenvalue weighted by atomic mass is 10.0. The fourth-order valence-electron chi connectivity index (χ4n) is 3.89. The van der Waals surface area contributed by atoms with Gasteiger partial charge in [-0.25, -0.2) is 18.4 Å². The highest BCUT2D eigenvalue weighted by molar-refractivity contribution is 7.98. The maximum absolute atomic E-state index is 13.3. The lowest BCUT2D eigenvalue weighted by Gasteiger charge is -2.26. The fraction of sp³-hybridized carbons (Fsp3) is 0.174. The smallest absolute Gasteiger partial charge is 0.287 e. The Balaban J connectivity index is 1.46. The van der Waals surface area contributed by atoms with Gasteiger partial charge in [0.05, 0.1) is 16.7 Å². The number of fused-ring (bicyclic) bond motifs is 2. The molecule has 1 amide bonds. The maximum atomic E-state index is 13.3. The molecule has 0 aliphatic carbocycles. The van der Waals surface area contributed by atoms with E-state index in [0.29, 0.717) is 28.5 Å². The molecule has 162 valence electrons. The molecule has 0 spiro atoms. The summed E-state index contributed by atoms with van der Waals surface area (Å²) in [4.78, 5) is 22.0. The second kappa shape index (κ2) is 8.40. The molecule has 0 saturated heterocycles. The number of nitrogens with zero attached hydrogens (tertiary/aromatic N) is 2. The third-order valence-corrected chi connectivity index (χ3v) is 8.12. The Kier molecular flexibility index (Phi) is 5.44. The molecule has 2 aromatic carbocycles. The van der Waals surface area contributed by atoms with Gasteiger partial charge in [-0.2, -0.15) is 0 Å². The summed E-state index contributed by atoms with van der Waals surface area (Å²) in [5.41, 5.74) is 1.98. The van der Waals surface area contributed by atoms with Crippen LogP contribution in [0.4, 0.5) is 0 Å². The topological polar surface area (TPSA) is 102 Å². The molecule has 7 nitrogen and oxygen atoms in total. The number of amides is 1. The Morgan fingerprint density at radius 1 is 1.06 bits per heavy atom. The number of benzene rings is 2. The Morgan fingerprint density at radius 2 is 1.81 bits per heavy atom. The van der Waals surface area contributed by atoms with Crippen molar-refractivity contribution in [3.63, 3.8) is 0 Å². The summed E-state index contributed by atoms with van der Waals surface area (Å²) in [6, 6.07) is 15.6. The number of nitrogens with one attached hydrogen (secondary N) is 1. The van der Waals surface area contributed by atoms with Crippen LogP contribution in [0.2, 0.25) is 0 Å². The molecule has 9 heteroatoms. The molecular formula is C23H19N3O4S2. The Bertz CT molecular complexity index is 1400. The van der Waals surface area contributed by atoms with Gasteiger partial charge in [0, 0.05) is 29.1 Å². The summed E-state index contributed by atoms with van der Waals surface area (Å²) in [5, 5.41) is 4.45. The van der Waals surface area contributed by atoms with Gasteiger partial charge in [0.1, 0.15) is 5.58 Å². The van der Waals surface area contributed by atoms with Gasteiger partial charge in [0.25, 0.3) is 5.91 Å². The first kappa shape index (κ1) is 20.7. The Hall–Kier alpha value is -3.17. The summed E-state index contributed by atoms with van der Waals surface area (Å²) in [5.74, 6) is 0.299. The van der Waals surface area contributed by atoms with Gasteiger partial charge in [-0.3, -0.25) is 4.79 Å². The van der Waals surface area contributed by atoms with Crippen LogP contribution in [0.25, 0.3) is 11.0 Å². The first-order valence-corrected chi connectivity index (χ1v) is 12.7. The monoisotopic (exact) mass is 465 g/mol. The van der Waals surface area contributed by atoms with Crippen molar-refractivity contribution in [3.8, 4) is 0 Å². The van der Waals surface area contributed by atoms with Gasteiger partial charge in [-0.1, -0.05) is 48.2 Å². The highest BCUT2D eigenvalue weighted by Gasteiger charge is 2.32. The molecule has 1 N–H and O–H groups in total. The number of hydrogen-bond acceptors (Lipinski definition) is 7. The predicted octanol–water partition coefficient (Wildman–Crippen LogP) is 4.16. The van der Waals surface area contributed by atoms with E-state index in [-0.39, 0.29) is 22.3 Å². The molecule has 0 bridgehead atoms. The summed E-state index contributed by atoms with van der Waals surface area (Å²) >= 11 is 1.42. The molecule has 0 saturated carbocycles. The van der Waals surface area contributed by atoms with Crippen LogP contribution in [0.3, 0.4) is 0 Å². The van der Waals surface area contributed by atoms with Crippen LogP contribution >= 0.6 is 11.8 Å². The number of sulfone groups is 1. The zero-order valence-electron chi connectivity index (χ0n) is 16.9. The first-order chi connectivity index (χ1) is 15.5. The molecule has 2 aromatic heterocycles. The number of aromatic nitrogens is 2. The van der Waals surface area contributed by atoms with Crippen LogP contribution in [-0.4, -0.2) is 30.0 Å².